The van der Waals surface area contributed by atoms with Gasteiger partial charge in [-0.05, 0) is 35.0 Å². The van der Waals surface area contributed by atoms with Crippen LogP contribution in [0.25, 0.3) is 10.9 Å². The van der Waals surface area contributed by atoms with Gasteiger partial charge in [-0.25, -0.2) is 0 Å². The first kappa shape index (κ1) is 9.21. The number of aromatic amines is 1. The van der Waals surface area contributed by atoms with Crippen LogP contribution in [-0.2, 0) is 0 Å². The molecule has 5 heteroatoms. The van der Waals surface area contributed by atoms with Crippen LogP contribution in [0.4, 0.5) is 5.69 Å². The second-order valence-electron chi connectivity index (χ2n) is 3.10. The fraction of sp³-hybridized carbons (Fsp3) is 0.111. The third-order valence-electron chi connectivity index (χ3n) is 2.02. The number of aryl methyl sites for hydroxylation is 1. The highest BCUT2D eigenvalue weighted by atomic mass is 79.9. The second-order valence-corrected chi connectivity index (χ2v) is 3.95. The summed E-state index contributed by atoms with van der Waals surface area (Å²) >= 11 is 3.17. The first-order chi connectivity index (χ1) is 6.58. The van der Waals surface area contributed by atoms with Crippen LogP contribution in [0.15, 0.2) is 22.7 Å². The molecule has 0 saturated carbocycles. The zero-order chi connectivity index (χ0) is 10.3. The van der Waals surface area contributed by atoms with E-state index in [1.807, 2.05) is 13.0 Å². The number of benzene rings is 1. The average Bonchev–Trinajstić information content (AvgIpc) is 2.42. The summed E-state index contributed by atoms with van der Waals surface area (Å²) in [7, 11) is 0. The summed E-state index contributed by atoms with van der Waals surface area (Å²) in [5.74, 6) is 0. The van der Waals surface area contributed by atoms with E-state index in [9.17, 15) is 10.1 Å². The first-order valence-corrected chi connectivity index (χ1v) is 4.80. The van der Waals surface area contributed by atoms with Gasteiger partial charge in [0, 0.05) is 17.1 Å². The van der Waals surface area contributed by atoms with E-state index in [4.69, 9.17) is 0 Å². The van der Waals surface area contributed by atoms with Crippen LogP contribution in [0.3, 0.4) is 0 Å². The molecule has 1 N–H and O–H groups in total. The number of rotatable bonds is 1. The number of nitro benzene ring substituents is 1. The Bertz CT molecular complexity index is 519. The Morgan fingerprint density at radius 1 is 1.43 bits per heavy atom. The predicted octanol–water partition coefficient (Wildman–Crippen LogP) is 3.15. The van der Waals surface area contributed by atoms with Crippen molar-refractivity contribution in [3.8, 4) is 0 Å². The van der Waals surface area contributed by atoms with Crippen molar-refractivity contribution in [2.24, 2.45) is 0 Å². The Morgan fingerprint density at radius 3 is 2.79 bits per heavy atom. The minimum atomic E-state index is -0.403. The Labute approximate surface area is 88.2 Å². The van der Waals surface area contributed by atoms with Crippen molar-refractivity contribution in [3.63, 3.8) is 0 Å². The zero-order valence-corrected chi connectivity index (χ0v) is 8.96. The molecule has 0 unspecified atom stereocenters. The third-order valence-corrected chi connectivity index (χ3v) is 2.65. The van der Waals surface area contributed by atoms with Crippen LogP contribution < -0.4 is 0 Å². The number of hydrogen-bond donors (Lipinski definition) is 1. The van der Waals surface area contributed by atoms with Crippen molar-refractivity contribution < 1.29 is 4.92 Å². The Kier molecular flexibility index (Phi) is 2.03. The molecule has 0 atom stereocenters. The van der Waals surface area contributed by atoms with Crippen molar-refractivity contribution in [1.82, 2.24) is 4.98 Å². The number of nitrogens with zero attached hydrogens (tertiary/aromatic N) is 1. The van der Waals surface area contributed by atoms with Crippen LogP contribution in [0.2, 0.25) is 0 Å². The molecular weight excluding hydrogens is 248 g/mol. The molecule has 14 heavy (non-hydrogen) atoms. The maximum Gasteiger partial charge on any atom is 0.285 e. The van der Waals surface area contributed by atoms with Crippen molar-refractivity contribution in [1.29, 1.82) is 0 Å². The van der Waals surface area contributed by atoms with Crippen LogP contribution >= 0.6 is 15.9 Å². The molecule has 1 aromatic carbocycles. The number of fused-ring (bicyclic) bond motifs is 1. The van der Waals surface area contributed by atoms with Gasteiger partial charge < -0.3 is 4.98 Å². The van der Waals surface area contributed by atoms with Crippen LogP contribution in [-0.4, -0.2) is 9.91 Å². The average molecular weight is 255 g/mol. The molecular formula is C9H7BrN2O2. The maximum absolute atomic E-state index is 10.6. The number of nitro groups is 1. The fourth-order valence-corrected chi connectivity index (χ4v) is 1.93. The van der Waals surface area contributed by atoms with Crippen molar-refractivity contribution in [3.05, 3.63) is 38.5 Å². The van der Waals surface area contributed by atoms with E-state index in [0.717, 1.165) is 16.6 Å². The van der Waals surface area contributed by atoms with E-state index >= 15 is 0 Å². The lowest BCUT2D eigenvalue weighted by Gasteiger charge is -1.95. The smallest absolute Gasteiger partial charge is 0.285 e. The van der Waals surface area contributed by atoms with Crippen molar-refractivity contribution in [2.75, 3.05) is 0 Å². The highest BCUT2D eigenvalue weighted by Gasteiger charge is 2.13. The van der Waals surface area contributed by atoms with E-state index in [1.54, 1.807) is 6.07 Å². The summed E-state index contributed by atoms with van der Waals surface area (Å²) in [6.07, 6.45) is 0. The number of nitrogens with one attached hydrogen (secondary N) is 1. The van der Waals surface area contributed by atoms with Crippen LogP contribution in [0, 0.1) is 17.0 Å². The molecule has 0 radical (unpaired) electrons. The SMILES string of the molecule is Cc1cc2cc(Br)c([N+](=O)[O-])cc2[nH]1. The van der Waals surface area contributed by atoms with Gasteiger partial charge >= 0.3 is 0 Å². The summed E-state index contributed by atoms with van der Waals surface area (Å²) in [6, 6.07) is 5.23. The summed E-state index contributed by atoms with van der Waals surface area (Å²) in [5, 5.41) is 11.6. The minimum Gasteiger partial charge on any atom is -0.358 e. The molecule has 1 heterocycles. The van der Waals surface area contributed by atoms with E-state index < -0.39 is 4.92 Å². The number of aromatic nitrogens is 1. The molecule has 0 amide bonds. The molecule has 1 aromatic heterocycles. The molecule has 0 fully saturated rings. The van der Waals surface area contributed by atoms with Gasteiger partial charge in [0.05, 0.1) is 14.9 Å². The fourth-order valence-electron chi connectivity index (χ4n) is 1.43. The molecule has 0 aliphatic heterocycles. The van der Waals surface area contributed by atoms with Gasteiger partial charge in [-0.2, -0.15) is 0 Å². The lowest BCUT2D eigenvalue weighted by molar-refractivity contribution is -0.385. The van der Waals surface area contributed by atoms with Gasteiger partial charge in [-0.3, -0.25) is 10.1 Å². The van der Waals surface area contributed by atoms with Crippen LogP contribution in [0.1, 0.15) is 5.69 Å². The Balaban J connectivity index is 2.76. The molecule has 2 aromatic rings. The lowest BCUT2D eigenvalue weighted by Crippen LogP contribution is -1.88. The van der Waals surface area contributed by atoms with Gasteiger partial charge in [0.2, 0.25) is 0 Å². The molecule has 4 nitrogen and oxygen atoms in total. The van der Waals surface area contributed by atoms with Crippen molar-refractivity contribution >= 4 is 32.5 Å². The van der Waals surface area contributed by atoms with Gasteiger partial charge in [-0.1, -0.05) is 0 Å². The lowest BCUT2D eigenvalue weighted by atomic mass is 10.2. The van der Waals surface area contributed by atoms with E-state index in [2.05, 4.69) is 20.9 Å². The zero-order valence-electron chi connectivity index (χ0n) is 7.37. The summed E-state index contributed by atoms with van der Waals surface area (Å²) in [4.78, 5) is 13.3. The maximum atomic E-state index is 10.6. The first-order valence-electron chi connectivity index (χ1n) is 4.01. The van der Waals surface area contributed by atoms with E-state index in [-0.39, 0.29) is 5.69 Å². The van der Waals surface area contributed by atoms with E-state index in [0.29, 0.717) is 4.47 Å². The standard InChI is InChI=1S/C9H7BrN2O2/c1-5-2-6-3-7(10)9(12(13)14)4-8(6)11-5/h2-4,11H,1H3. The molecule has 0 aliphatic carbocycles. The number of H-pyrrole nitrogens is 1. The minimum absolute atomic E-state index is 0.0827. The monoisotopic (exact) mass is 254 g/mol. The number of hydrogen-bond acceptors (Lipinski definition) is 2. The van der Waals surface area contributed by atoms with E-state index in [1.165, 1.54) is 6.07 Å². The highest BCUT2D eigenvalue weighted by molar-refractivity contribution is 9.10. The molecule has 0 spiro atoms. The Morgan fingerprint density at radius 2 is 2.14 bits per heavy atom. The summed E-state index contributed by atoms with van der Waals surface area (Å²) in [6.45, 7) is 1.92. The van der Waals surface area contributed by atoms with Gasteiger partial charge in [0.15, 0.2) is 0 Å². The second kappa shape index (κ2) is 3.09. The topological polar surface area (TPSA) is 58.9 Å². The molecule has 0 aliphatic rings. The number of halogens is 1. The highest BCUT2D eigenvalue weighted by Crippen LogP contribution is 2.30. The third kappa shape index (κ3) is 1.39. The predicted molar refractivity (Wildman–Crippen MR) is 57.4 cm³/mol. The summed E-state index contributed by atoms with van der Waals surface area (Å²) in [5.41, 5.74) is 1.86. The largest absolute Gasteiger partial charge is 0.358 e. The quantitative estimate of drug-likeness (QED) is 0.628. The van der Waals surface area contributed by atoms with Gasteiger partial charge in [0.25, 0.3) is 5.69 Å². The van der Waals surface area contributed by atoms with Crippen molar-refractivity contribution in [2.45, 2.75) is 6.92 Å². The van der Waals surface area contributed by atoms with Crippen LogP contribution in [0.5, 0.6) is 0 Å². The molecule has 0 saturated heterocycles. The Hall–Kier alpha value is -1.36. The molecule has 0 bridgehead atoms. The van der Waals surface area contributed by atoms with Gasteiger partial charge in [-0.15, -0.1) is 0 Å². The van der Waals surface area contributed by atoms with Gasteiger partial charge in [0.1, 0.15) is 0 Å². The molecule has 72 valence electrons. The summed E-state index contributed by atoms with van der Waals surface area (Å²) < 4.78 is 0.508. The molecule has 2 rings (SSSR count). The normalized spacial score (nSPS) is 10.7.